The number of nitrogens with one attached hydrogen (secondary N) is 1. The minimum atomic E-state index is -3.77. The van der Waals surface area contributed by atoms with Gasteiger partial charge in [0.15, 0.2) is 16.9 Å². The number of carbonyl (C=O) groups excluding carboxylic acids is 2. The third kappa shape index (κ3) is 5.61. The second-order valence-corrected chi connectivity index (χ2v) is 11.2. The van der Waals surface area contributed by atoms with Crippen LogP contribution in [0, 0.1) is 17.8 Å². The highest BCUT2D eigenvalue weighted by molar-refractivity contribution is 7.90. The van der Waals surface area contributed by atoms with E-state index in [0.717, 1.165) is 32.8 Å². The Hall–Kier alpha value is -4.02. The van der Waals surface area contributed by atoms with E-state index in [9.17, 15) is 27.6 Å². The van der Waals surface area contributed by atoms with E-state index in [1.54, 1.807) is 18.2 Å². The van der Waals surface area contributed by atoms with E-state index >= 15 is 0 Å². The number of carbonyl (C=O) groups is 2. The summed E-state index contributed by atoms with van der Waals surface area (Å²) in [4.78, 5) is 54.0. The molecule has 2 heterocycles. The number of benzene rings is 1. The Morgan fingerprint density at radius 1 is 1.16 bits per heavy atom. The van der Waals surface area contributed by atoms with Gasteiger partial charge in [0.25, 0.3) is 5.56 Å². The number of rotatable bonds is 8. The van der Waals surface area contributed by atoms with E-state index in [1.165, 1.54) is 21.2 Å². The Balaban J connectivity index is 1.73. The second kappa shape index (κ2) is 10.4. The highest BCUT2D eigenvalue weighted by Gasteiger charge is 2.29. The zero-order valence-corrected chi connectivity index (χ0v) is 22.2. The van der Waals surface area contributed by atoms with E-state index in [0.29, 0.717) is 16.8 Å². The van der Waals surface area contributed by atoms with Gasteiger partial charge in [-0.2, -0.15) is 4.98 Å². The quantitative estimate of drug-likeness (QED) is 0.391. The first-order chi connectivity index (χ1) is 17.9. The first-order valence-electron chi connectivity index (χ1n) is 11.7. The molecule has 13 heteroatoms. The van der Waals surface area contributed by atoms with E-state index in [1.807, 2.05) is 0 Å². The maximum atomic E-state index is 12.9. The number of fused-ring (bicyclic) bond motifs is 1. The average molecular weight is 542 g/mol. The van der Waals surface area contributed by atoms with Crippen molar-refractivity contribution in [1.82, 2.24) is 18.7 Å². The lowest BCUT2D eigenvalue weighted by atomic mass is 10.0. The summed E-state index contributed by atoms with van der Waals surface area (Å²) in [6.07, 6.45) is 2.72. The summed E-state index contributed by atoms with van der Waals surface area (Å²) < 4.78 is 32.3. The molecule has 3 aromatic rings. The Morgan fingerprint density at radius 3 is 2.50 bits per heavy atom. The van der Waals surface area contributed by atoms with Crippen LogP contribution in [0.15, 0.2) is 32.9 Å². The Bertz CT molecular complexity index is 1750. The largest absolute Gasteiger partial charge is 0.377 e. The van der Waals surface area contributed by atoms with Crippen molar-refractivity contribution < 1.29 is 22.7 Å². The van der Waals surface area contributed by atoms with Gasteiger partial charge >= 0.3 is 5.69 Å². The molecule has 1 aliphatic carbocycles. The maximum Gasteiger partial charge on any atom is 0.333 e. The van der Waals surface area contributed by atoms with Crippen molar-refractivity contribution in [3.05, 3.63) is 50.2 Å². The first kappa shape index (κ1) is 27.0. The highest BCUT2D eigenvalue weighted by atomic mass is 32.2. The van der Waals surface area contributed by atoms with Crippen LogP contribution >= 0.6 is 0 Å². The number of nitrogens with zero attached hydrogens (tertiary/aromatic N) is 4. The molecule has 0 bridgehead atoms. The number of anilines is 1. The van der Waals surface area contributed by atoms with Gasteiger partial charge in [-0.3, -0.25) is 23.5 Å². The van der Waals surface area contributed by atoms with Crippen molar-refractivity contribution >= 4 is 38.4 Å². The zero-order valence-electron chi connectivity index (χ0n) is 21.4. The number of sulfone groups is 1. The number of aryl methyl sites for hydroxylation is 1. The van der Waals surface area contributed by atoms with E-state index in [-0.39, 0.29) is 53.5 Å². The van der Waals surface area contributed by atoms with E-state index in [4.69, 9.17) is 4.74 Å². The van der Waals surface area contributed by atoms with Gasteiger partial charge in [-0.05, 0) is 36.6 Å². The van der Waals surface area contributed by atoms with Crippen LogP contribution in [0.25, 0.3) is 11.2 Å². The van der Waals surface area contributed by atoms with Crippen LogP contribution in [-0.4, -0.2) is 58.8 Å². The molecule has 12 nitrogen and oxygen atoms in total. The van der Waals surface area contributed by atoms with Crippen molar-refractivity contribution in [3.63, 3.8) is 0 Å². The van der Waals surface area contributed by atoms with Gasteiger partial charge in [0.1, 0.15) is 6.61 Å². The summed E-state index contributed by atoms with van der Waals surface area (Å²) in [5, 5.41) is 2.51. The van der Waals surface area contributed by atoms with Crippen molar-refractivity contribution in [2.24, 2.45) is 20.0 Å². The van der Waals surface area contributed by atoms with Crippen LogP contribution < -0.4 is 16.6 Å². The number of Topliss-reactive ketones (excluding diaryl/α,β-unsaturated/α-hetero) is 1. The van der Waals surface area contributed by atoms with Crippen LogP contribution in [0.4, 0.5) is 5.69 Å². The molecule has 0 atom stereocenters. The van der Waals surface area contributed by atoms with Crippen LogP contribution in [-0.2, 0) is 51.2 Å². The lowest BCUT2D eigenvalue weighted by Crippen LogP contribution is -2.38. The number of aromatic nitrogens is 4. The van der Waals surface area contributed by atoms with E-state index < -0.39 is 21.1 Å². The van der Waals surface area contributed by atoms with Crippen molar-refractivity contribution in [3.8, 4) is 11.8 Å². The Labute approximate surface area is 218 Å². The molecule has 1 N–H and O–H groups in total. The average Bonchev–Trinajstić information content (AvgIpc) is 3.62. The van der Waals surface area contributed by atoms with Gasteiger partial charge < -0.3 is 14.6 Å². The molecule has 0 spiro atoms. The van der Waals surface area contributed by atoms with Gasteiger partial charge in [-0.25, -0.2) is 13.2 Å². The third-order valence-electron chi connectivity index (χ3n) is 6.03. The fourth-order valence-corrected chi connectivity index (χ4v) is 4.91. The van der Waals surface area contributed by atoms with Gasteiger partial charge in [0.2, 0.25) is 20.9 Å². The van der Waals surface area contributed by atoms with Crippen LogP contribution in [0.1, 0.15) is 24.0 Å². The molecule has 4 rings (SSSR count). The first-order valence-corrected chi connectivity index (χ1v) is 13.6. The minimum absolute atomic E-state index is 0.0162. The lowest BCUT2D eigenvalue weighted by Gasteiger charge is -2.09. The van der Waals surface area contributed by atoms with Crippen LogP contribution in [0.5, 0.6) is 0 Å². The van der Waals surface area contributed by atoms with Crippen molar-refractivity contribution in [2.75, 3.05) is 25.3 Å². The minimum Gasteiger partial charge on any atom is -0.377 e. The standard InChI is InChI=1S/C25H27N5O7S/c1-28-20-21(27-24(28)38(4,35)36)30(25(34)29(2)23(20)33)9-5-6-15-10-16(13-19(31)14-37-3)12-18(11-15)26-22(32)17-7-8-17/h10-12,17H,7-9,13-14H2,1-4H3,(H,26,32). The van der Waals surface area contributed by atoms with Gasteiger partial charge in [-0.15, -0.1) is 0 Å². The lowest BCUT2D eigenvalue weighted by molar-refractivity contribution is -0.122. The fraction of sp³-hybridized carbons (Fsp3) is 0.400. The monoisotopic (exact) mass is 541 g/mol. The second-order valence-electron chi connectivity index (χ2n) is 9.26. The Morgan fingerprint density at radius 2 is 1.87 bits per heavy atom. The molecule has 0 unspecified atom stereocenters. The molecule has 1 amide bonds. The summed E-state index contributed by atoms with van der Waals surface area (Å²) in [6.45, 7) is -0.245. The number of hydrogen-bond donors (Lipinski definition) is 1. The molecular weight excluding hydrogens is 514 g/mol. The predicted octanol–water partition coefficient (Wildman–Crippen LogP) is -0.00460. The Kier molecular flexibility index (Phi) is 7.39. The molecule has 1 aliphatic rings. The third-order valence-corrected chi connectivity index (χ3v) is 7.06. The maximum absolute atomic E-state index is 12.9. The van der Waals surface area contributed by atoms with Gasteiger partial charge in [0, 0.05) is 51.1 Å². The van der Waals surface area contributed by atoms with Crippen molar-refractivity contribution in [2.45, 2.75) is 31.0 Å². The molecule has 2 aromatic heterocycles. The SMILES string of the molecule is COCC(=O)Cc1cc(C#CCn2c(=O)n(C)c(=O)c3c2nc(S(C)(=O)=O)n3C)cc(NC(=O)C2CC2)c1. The molecule has 200 valence electrons. The molecule has 0 saturated heterocycles. The topological polar surface area (TPSA) is 151 Å². The summed E-state index contributed by atoms with van der Waals surface area (Å²) in [7, 11) is 0.337. The van der Waals surface area contributed by atoms with Crippen LogP contribution in [0.2, 0.25) is 0 Å². The normalized spacial score (nSPS) is 13.3. The number of methoxy groups -OCH3 is 1. The number of imidazole rings is 1. The van der Waals surface area contributed by atoms with Gasteiger partial charge in [0.05, 0.1) is 6.54 Å². The summed E-state index contributed by atoms with van der Waals surface area (Å²) in [5.41, 5.74) is 0.109. The summed E-state index contributed by atoms with van der Waals surface area (Å²) in [5.74, 6) is 5.54. The molecule has 0 aliphatic heterocycles. The fourth-order valence-electron chi connectivity index (χ4n) is 4.07. The van der Waals surface area contributed by atoms with Crippen LogP contribution in [0.3, 0.4) is 0 Å². The van der Waals surface area contributed by atoms with E-state index in [2.05, 4.69) is 22.1 Å². The molecule has 38 heavy (non-hydrogen) atoms. The molecule has 0 radical (unpaired) electrons. The number of hydrogen-bond acceptors (Lipinski definition) is 8. The number of amides is 1. The number of ketones is 1. The molecule has 1 saturated carbocycles. The number of ether oxygens (including phenoxy) is 1. The summed E-state index contributed by atoms with van der Waals surface area (Å²) in [6, 6.07) is 5.08. The zero-order chi connectivity index (χ0) is 27.8. The predicted molar refractivity (Wildman–Crippen MR) is 139 cm³/mol. The highest BCUT2D eigenvalue weighted by Crippen LogP contribution is 2.30. The molecule has 1 fully saturated rings. The molecule has 1 aromatic carbocycles. The molecular formula is C25H27N5O7S. The van der Waals surface area contributed by atoms with Crippen molar-refractivity contribution in [1.29, 1.82) is 0 Å². The smallest absolute Gasteiger partial charge is 0.333 e. The summed E-state index contributed by atoms with van der Waals surface area (Å²) >= 11 is 0. The van der Waals surface area contributed by atoms with Gasteiger partial charge in [-0.1, -0.05) is 11.8 Å².